The van der Waals surface area contributed by atoms with Gasteiger partial charge in [0.15, 0.2) is 0 Å². The predicted molar refractivity (Wildman–Crippen MR) is 66.5 cm³/mol. The van der Waals surface area contributed by atoms with Crippen molar-refractivity contribution in [2.75, 3.05) is 12.4 Å². The van der Waals surface area contributed by atoms with Crippen LogP contribution in [0.3, 0.4) is 0 Å². The van der Waals surface area contributed by atoms with Crippen LogP contribution in [0.25, 0.3) is 0 Å². The molecule has 1 aromatic carbocycles. The van der Waals surface area contributed by atoms with Crippen molar-refractivity contribution in [1.29, 1.82) is 0 Å². The number of fused-ring (bicyclic) bond motifs is 1. The number of aryl methyl sites for hydroxylation is 1. The lowest BCUT2D eigenvalue weighted by Gasteiger charge is -2.15. The van der Waals surface area contributed by atoms with Crippen LogP contribution in [0.1, 0.15) is 29.3 Å². The van der Waals surface area contributed by atoms with Crippen LogP contribution in [0.5, 0.6) is 0 Å². The van der Waals surface area contributed by atoms with E-state index in [0.717, 1.165) is 24.2 Å². The summed E-state index contributed by atoms with van der Waals surface area (Å²) in [6, 6.07) is 5.45. The lowest BCUT2D eigenvalue weighted by molar-refractivity contribution is -0.137. The van der Waals surface area contributed by atoms with Crippen LogP contribution in [0.4, 0.5) is 0 Å². The van der Waals surface area contributed by atoms with Crippen LogP contribution < -0.4 is 0 Å². The molecule has 0 atom stereocenters. The molecule has 0 radical (unpaired) electrons. The van der Waals surface area contributed by atoms with Crippen LogP contribution in [-0.4, -0.2) is 24.1 Å². The second kappa shape index (κ2) is 5.36. The minimum absolute atomic E-state index is 0.228. The Morgan fingerprint density at radius 3 is 3.00 bits per heavy atom. The number of ether oxygens (including phenoxy) is 1. The highest BCUT2D eigenvalue weighted by atomic mass is 32.2. The van der Waals surface area contributed by atoms with Gasteiger partial charge in [0.2, 0.25) is 0 Å². The molecule has 1 heterocycles. The Balaban J connectivity index is 2.22. The van der Waals surface area contributed by atoms with Crippen molar-refractivity contribution in [3.8, 4) is 0 Å². The van der Waals surface area contributed by atoms with Crippen molar-refractivity contribution < 1.29 is 14.3 Å². The van der Waals surface area contributed by atoms with Crippen LogP contribution in [0.2, 0.25) is 0 Å². The summed E-state index contributed by atoms with van der Waals surface area (Å²) in [7, 11) is 0. The van der Waals surface area contributed by atoms with Crippen molar-refractivity contribution in [1.82, 2.24) is 0 Å². The number of carbonyl (C=O) groups is 2. The van der Waals surface area contributed by atoms with E-state index in [2.05, 4.69) is 0 Å². The molecule has 0 fully saturated rings. The van der Waals surface area contributed by atoms with Gasteiger partial charge in [-0.3, -0.25) is 4.79 Å². The molecule has 0 bridgehead atoms. The number of esters is 1. The fourth-order valence-electron chi connectivity index (χ4n) is 1.82. The summed E-state index contributed by atoms with van der Waals surface area (Å²) in [5, 5.41) is 0. The molecule has 2 rings (SSSR count). The summed E-state index contributed by atoms with van der Waals surface area (Å²) in [6.07, 6.45) is 2.10. The number of benzene rings is 1. The first-order valence-corrected chi connectivity index (χ1v) is 6.68. The summed E-state index contributed by atoms with van der Waals surface area (Å²) in [4.78, 5) is 24.3. The van der Waals surface area contributed by atoms with E-state index in [0.29, 0.717) is 5.56 Å². The van der Waals surface area contributed by atoms with Gasteiger partial charge in [-0.1, -0.05) is 0 Å². The third-order valence-corrected chi connectivity index (χ3v) is 3.83. The van der Waals surface area contributed by atoms with E-state index < -0.39 is 11.8 Å². The van der Waals surface area contributed by atoms with Crippen molar-refractivity contribution in [2.45, 2.75) is 24.7 Å². The molecule has 0 amide bonds. The van der Waals surface area contributed by atoms with Gasteiger partial charge in [0.05, 0.1) is 6.61 Å². The first-order valence-electron chi connectivity index (χ1n) is 5.69. The van der Waals surface area contributed by atoms with E-state index in [9.17, 15) is 9.59 Å². The molecule has 0 spiro atoms. The second-order valence-corrected chi connectivity index (χ2v) is 4.96. The minimum Gasteiger partial charge on any atom is -0.460 e. The third-order valence-electron chi connectivity index (χ3n) is 2.63. The van der Waals surface area contributed by atoms with Crippen LogP contribution >= 0.6 is 11.8 Å². The van der Waals surface area contributed by atoms with Crippen LogP contribution in [-0.2, 0) is 16.0 Å². The van der Waals surface area contributed by atoms with Gasteiger partial charge in [0, 0.05) is 10.5 Å². The number of carbonyl (C=O) groups excluding carboxylic acids is 2. The van der Waals surface area contributed by atoms with Crippen molar-refractivity contribution in [2.24, 2.45) is 0 Å². The third kappa shape index (κ3) is 2.69. The molecular weight excluding hydrogens is 236 g/mol. The largest absolute Gasteiger partial charge is 0.460 e. The highest BCUT2D eigenvalue weighted by Gasteiger charge is 2.19. The minimum atomic E-state index is -0.768. The molecular formula is C13H14O3S. The predicted octanol–water partition coefficient (Wildman–Crippen LogP) is 2.47. The molecule has 0 N–H and O–H groups in total. The van der Waals surface area contributed by atoms with Gasteiger partial charge in [0.1, 0.15) is 0 Å². The molecule has 0 saturated carbocycles. The van der Waals surface area contributed by atoms with Gasteiger partial charge in [0.25, 0.3) is 5.78 Å². The molecule has 17 heavy (non-hydrogen) atoms. The molecule has 0 unspecified atom stereocenters. The topological polar surface area (TPSA) is 43.4 Å². The zero-order valence-corrected chi connectivity index (χ0v) is 10.5. The highest BCUT2D eigenvalue weighted by Crippen LogP contribution is 2.30. The number of Topliss-reactive ketones (excluding diaryl/α,β-unsaturated/α-hetero) is 1. The Hall–Kier alpha value is -1.29. The Kier molecular flexibility index (Phi) is 3.84. The van der Waals surface area contributed by atoms with Gasteiger partial charge < -0.3 is 4.74 Å². The molecule has 4 heteroatoms. The maximum Gasteiger partial charge on any atom is 0.379 e. The molecule has 3 nitrogen and oxygen atoms in total. The van der Waals surface area contributed by atoms with Gasteiger partial charge in [-0.25, -0.2) is 4.79 Å². The number of hydrogen-bond acceptors (Lipinski definition) is 4. The number of ketones is 1. The molecule has 90 valence electrons. The molecule has 1 aliphatic rings. The Morgan fingerprint density at radius 2 is 2.24 bits per heavy atom. The number of hydrogen-bond donors (Lipinski definition) is 0. The van der Waals surface area contributed by atoms with E-state index in [1.54, 1.807) is 24.8 Å². The summed E-state index contributed by atoms with van der Waals surface area (Å²) in [6.45, 7) is 1.92. The second-order valence-electron chi connectivity index (χ2n) is 3.82. The monoisotopic (exact) mass is 250 g/mol. The quantitative estimate of drug-likeness (QED) is 0.469. The van der Waals surface area contributed by atoms with E-state index in [4.69, 9.17) is 4.74 Å². The fourth-order valence-corrected chi connectivity index (χ4v) is 2.84. The first-order chi connectivity index (χ1) is 8.22. The molecule has 0 saturated heterocycles. The van der Waals surface area contributed by atoms with Gasteiger partial charge >= 0.3 is 5.97 Å². The Labute approximate surface area is 105 Å². The van der Waals surface area contributed by atoms with Crippen molar-refractivity contribution in [3.63, 3.8) is 0 Å². The fraction of sp³-hybridized carbons (Fsp3) is 0.385. The van der Waals surface area contributed by atoms with Crippen LogP contribution in [0, 0.1) is 0 Å². The van der Waals surface area contributed by atoms with Crippen molar-refractivity contribution >= 4 is 23.5 Å². The van der Waals surface area contributed by atoms with Crippen molar-refractivity contribution in [3.05, 3.63) is 29.3 Å². The smallest absolute Gasteiger partial charge is 0.379 e. The van der Waals surface area contributed by atoms with E-state index in [-0.39, 0.29) is 6.61 Å². The molecule has 0 aromatic heterocycles. The summed E-state index contributed by atoms with van der Waals surface area (Å²) in [5.74, 6) is -0.195. The van der Waals surface area contributed by atoms with Gasteiger partial charge in [-0.05, 0) is 49.3 Å². The Bertz CT molecular complexity index is 454. The Morgan fingerprint density at radius 1 is 1.41 bits per heavy atom. The summed E-state index contributed by atoms with van der Waals surface area (Å²) >= 11 is 1.80. The van der Waals surface area contributed by atoms with Gasteiger partial charge in [-0.2, -0.15) is 0 Å². The van der Waals surface area contributed by atoms with E-state index in [1.807, 2.05) is 12.1 Å². The average molecular weight is 250 g/mol. The SMILES string of the molecule is CCOC(=O)C(=O)c1ccc2c(c1)CCCS2. The normalized spacial score (nSPS) is 13.9. The first kappa shape index (κ1) is 12.2. The standard InChI is InChI=1S/C13H14O3S/c1-2-16-13(15)12(14)10-5-6-11-9(8-10)4-3-7-17-11/h5-6,8H,2-4,7H2,1H3. The zero-order chi connectivity index (χ0) is 12.3. The van der Waals surface area contributed by atoms with Crippen LogP contribution in [0.15, 0.2) is 23.1 Å². The maximum atomic E-state index is 11.7. The van der Waals surface area contributed by atoms with Gasteiger partial charge in [-0.15, -0.1) is 11.8 Å². The molecule has 1 aliphatic heterocycles. The summed E-state index contributed by atoms with van der Waals surface area (Å²) < 4.78 is 4.71. The summed E-state index contributed by atoms with van der Waals surface area (Å²) in [5.41, 5.74) is 1.60. The van der Waals surface area contributed by atoms with E-state index in [1.165, 1.54) is 4.90 Å². The number of thioether (sulfide) groups is 1. The molecule has 1 aromatic rings. The van der Waals surface area contributed by atoms with E-state index >= 15 is 0 Å². The lowest BCUT2D eigenvalue weighted by Crippen LogP contribution is -2.18. The number of rotatable bonds is 3. The average Bonchev–Trinajstić information content (AvgIpc) is 2.37. The highest BCUT2D eigenvalue weighted by molar-refractivity contribution is 7.99. The molecule has 0 aliphatic carbocycles. The zero-order valence-electron chi connectivity index (χ0n) is 9.69. The lowest BCUT2D eigenvalue weighted by atomic mass is 10.0. The maximum absolute atomic E-state index is 11.7.